The van der Waals surface area contributed by atoms with Crippen molar-refractivity contribution >= 4 is 24.0 Å². The van der Waals surface area contributed by atoms with Gasteiger partial charge < -0.3 is 14.8 Å². The van der Waals surface area contributed by atoms with Gasteiger partial charge in [0.05, 0.1) is 19.3 Å². The maximum Gasteiger partial charge on any atom is 0.119 e. The van der Waals surface area contributed by atoms with Crippen molar-refractivity contribution in [1.82, 2.24) is 5.32 Å². The number of halogens is 2. The van der Waals surface area contributed by atoms with Crippen LogP contribution in [0.25, 0.3) is 0 Å². The van der Waals surface area contributed by atoms with E-state index in [-0.39, 0.29) is 18.4 Å². The molecule has 1 aliphatic heterocycles. The van der Waals surface area contributed by atoms with Crippen LogP contribution in [0.4, 0.5) is 0 Å². The van der Waals surface area contributed by atoms with E-state index in [9.17, 15) is 0 Å². The smallest absolute Gasteiger partial charge is 0.119 e. The number of hydrogen-bond donors (Lipinski definition) is 1. The minimum absolute atomic E-state index is 0. The predicted molar refractivity (Wildman–Crippen MR) is 66.8 cm³/mol. The molecule has 0 amide bonds. The summed E-state index contributed by atoms with van der Waals surface area (Å²) in [5, 5.41) is 4.05. The van der Waals surface area contributed by atoms with Gasteiger partial charge in [-0.05, 0) is 24.3 Å². The molecule has 1 aromatic rings. The van der Waals surface area contributed by atoms with Crippen LogP contribution < -0.4 is 10.1 Å². The molecule has 0 saturated carbocycles. The molecule has 3 nitrogen and oxygen atoms in total. The van der Waals surface area contributed by atoms with Gasteiger partial charge in [-0.15, -0.1) is 12.4 Å². The average Bonchev–Trinajstić information content (AvgIpc) is 2.30. The largest absolute Gasteiger partial charge is 0.492 e. The summed E-state index contributed by atoms with van der Waals surface area (Å²) >= 11 is 5.77. The number of hydrogen-bond acceptors (Lipinski definition) is 3. The van der Waals surface area contributed by atoms with E-state index in [2.05, 4.69) is 5.32 Å². The van der Waals surface area contributed by atoms with E-state index in [1.165, 1.54) is 0 Å². The minimum atomic E-state index is 0. The number of nitrogens with one attached hydrogen (secondary N) is 1. The van der Waals surface area contributed by atoms with Crippen molar-refractivity contribution in [2.45, 2.75) is 6.04 Å². The molecule has 1 N–H and O–H groups in total. The van der Waals surface area contributed by atoms with E-state index in [0.717, 1.165) is 23.9 Å². The first-order valence-electron chi connectivity index (χ1n) is 5.04. The van der Waals surface area contributed by atoms with Crippen LogP contribution in [0.2, 0.25) is 5.02 Å². The topological polar surface area (TPSA) is 30.5 Å². The summed E-state index contributed by atoms with van der Waals surface area (Å²) in [6.45, 7) is 3.03. The van der Waals surface area contributed by atoms with Crippen molar-refractivity contribution in [3.05, 3.63) is 29.3 Å². The Morgan fingerprint density at radius 3 is 2.75 bits per heavy atom. The lowest BCUT2D eigenvalue weighted by Gasteiger charge is -2.23. The van der Waals surface area contributed by atoms with Gasteiger partial charge in [-0.1, -0.05) is 11.6 Å². The number of rotatable bonds is 3. The Morgan fingerprint density at radius 1 is 1.38 bits per heavy atom. The van der Waals surface area contributed by atoms with Gasteiger partial charge in [-0.3, -0.25) is 0 Å². The normalized spacial score (nSPS) is 19.9. The molecule has 0 radical (unpaired) electrons. The number of morpholine rings is 1. The quantitative estimate of drug-likeness (QED) is 0.907. The van der Waals surface area contributed by atoms with Crippen LogP contribution in [-0.2, 0) is 4.74 Å². The molecule has 0 aromatic heterocycles. The van der Waals surface area contributed by atoms with Crippen molar-refractivity contribution in [1.29, 1.82) is 0 Å². The van der Waals surface area contributed by atoms with Crippen molar-refractivity contribution < 1.29 is 9.47 Å². The Labute approximate surface area is 106 Å². The molecule has 2 rings (SSSR count). The lowest BCUT2D eigenvalue weighted by molar-refractivity contribution is 0.0592. The second-order valence-corrected chi connectivity index (χ2v) is 3.93. The SMILES string of the molecule is Cl.Clc1ccc(OC[C@H]2COCCN2)cc1. The third-order valence-electron chi connectivity index (χ3n) is 2.26. The van der Waals surface area contributed by atoms with E-state index >= 15 is 0 Å². The number of ether oxygens (including phenoxy) is 2. The van der Waals surface area contributed by atoms with E-state index < -0.39 is 0 Å². The fourth-order valence-corrected chi connectivity index (χ4v) is 1.58. The maximum absolute atomic E-state index is 5.77. The van der Waals surface area contributed by atoms with E-state index in [1.807, 2.05) is 24.3 Å². The highest BCUT2D eigenvalue weighted by atomic mass is 35.5. The van der Waals surface area contributed by atoms with Crippen molar-refractivity contribution in [3.63, 3.8) is 0 Å². The van der Waals surface area contributed by atoms with E-state index in [4.69, 9.17) is 21.1 Å². The molecule has 1 heterocycles. The maximum atomic E-state index is 5.77. The summed E-state index contributed by atoms with van der Waals surface area (Å²) in [4.78, 5) is 0. The highest BCUT2D eigenvalue weighted by molar-refractivity contribution is 6.30. The summed E-state index contributed by atoms with van der Waals surface area (Å²) in [6.07, 6.45) is 0. The Morgan fingerprint density at radius 2 is 2.12 bits per heavy atom. The van der Waals surface area contributed by atoms with Crippen molar-refractivity contribution in [3.8, 4) is 5.75 Å². The van der Waals surface area contributed by atoms with Gasteiger partial charge in [-0.2, -0.15) is 0 Å². The van der Waals surface area contributed by atoms with Gasteiger partial charge in [-0.25, -0.2) is 0 Å². The van der Waals surface area contributed by atoms with Gasteiger partial charge >= 0.3 is 0 Å². The molecule has 1 aliphatic rings. The molecular weight excluding hydrogens is 249 g/mol. The fourth-order valence-electron chi connectivity index (χ4n) is 1.45. The van der Waals surface area contributed by atoms with Crippen LogP contribution in [0.5, 0.6) is 5.75 Å². The van der Waals surface area contributed by atoms with E-state index in [1.54, 1.807) is 0 Å². The molecule has 0 aliphatic carbocycles. The molecule has 0 spiro atoms. The first-order chi connectivity index (χ1) is 7.34. The molecular formula is C11H15Cl2NO2. The summed E-state index contributed by atoms with van der Waals surface area (Å²) in [5.74, 6) is 0.840. The highest BCUT2D eigenvalue weighted by Crippen LogP contribution is 2.15. The lowest BCUT2D eigenvalue weighted by atomic mass is 10.3. The lowest BCUT2D eigenvalue weighted by Crippen LogP contribution is -2.44. The summed E-state index contributed by atoms with van der Waals surface area (Å²) in [5.41, 5.74) is 0. The fraction of sp³-hybridized carbons (Fsp3) is 0.455. The molecule has 1 aromatic carbocycles. The third-order valence-corrected chi connectivity index (χ3v) is 2.52. The van der Waals surface area contributed by atoms with Gasteiger partial charge in [0, 0.05) is 11.6 Å². The monoisotopic (exact) mass is 263 g/mol. The van der Waals surface area contributed by atoms with Crippen LogP contribution >= 0.6 is 24.0 Å². The predicted octanol–water partition coefficient (Wildman–Crippen LogP) is 2.13. The van der Waals surface area contributed by atoms with Crippen LogP contribution in [-0.4, -0.2) is 32.4 Å². The van der Waals surface area contributed by atoms with Crippen molar-refractivity contribution in [2.75, 3.05) is 26.4 Å². The summed E-state index contributed by atoms with van der Waals surface area (Å²) in [6, 6.07) is 7.66. The Bertz CT molecular complexity index is 299. The Hall–Kier alpha value is -0.480. The van der Waals surface area contributed by atoms with Crippen LogP contribution in [0.3, 0.4) is 0 Å². The second-order valence-electron chi connectivity index (χ2n) is 3.49. The molecule has 1 atom stereocenters. The third kappa shape index (κ3) is 4.18. The first kappa shape index (κ1) is 13.6. The van der Waals surface area contributed by atoms with Gasteiger partial charge in [0.25, 0.3) is 0 Å². The molecule has 5 heteroatoms. The van der Waals surface area contributed by atoms with Gasteiger partial charge in [0.1, 0.15) is 12.4 Å². The van der Waals surface area contributed by atoms with Gasteiger partial charge in [0.2, 0.25) is 0 Å². The minimum Gasteiger partial charge on any atom is -0.492 e. The van der Waals surface area contributed by atoms with Crippen LogP contribution in [0.15, 0.2) is 24.3 Å². The van der Waals surface area contributed by atoms with E-state index in [0.29, 0.717) is 13.2 Å². The van der Waals surface area contributed by atoms with Gasteiger partial charge in [0.15, 0.2) is 0 Å². The number of benzene rings is 1. The standard InChI is InChI=1S/C11H14ClNO2.ClH/c12-9-1-3-11(4-2-9)15-8-10-7-14-6-5-13-10;/h1-4,10,13H,5-8H2;1H/t10-;/m1./s1. The zero-order valence-electron chi connectivity index (χ0n) is 8.82. The Kier molecular flexibility index (Phi) is 5.91. The van der Waals surface area contributed by atoms with Crippen molar-refractivity contribution in [2.24, 2.45) is 0 Å². The second kappa shape index (κ2) is 6.97. The molecule has 0 unspecified atom stereocenters. The first-order valence-corrected chi connectivity index (χ1v) is 5.42. The van der Waals surface area contributed by atoms with Crippen LogP contribution in [0.1, 0.15) is 0 Å². The Balaban J connectivity index is 0.00000128. The summed E-state index contributed by atoms with van der Waals surface area (Å²) in [7, 11) is 0. The molecule has 0 bridgehead atoms. The van der Waals surface area contributed by atoms with Crippen LogP contribution in [0, 0.1) is 0 Å². The summed E-state index contributed by atoms with van der Waals surface area (Å²) < 4.78 is 10.9. The molecule has 90 valence electrons. The zero-order valence-corrected chi connectivity index (χ0v) is 10.4. The average molecular weight is 264 g/mol. The zero-order chi connectivity index (χ0) is 10.5. The molecule has 1 saturated heterocycles. The highest BCUT2D eigenvalue weighted by Gasteiger charge is 2.13. The molecule has 16 heavy (non-hydrogen) atoms. The molecule has 1 fully saturated rings.